The first-order valence-electron chi connectivity index (χ1n) is 6.77. The molecule has 1 aromatic rings. The van der Waals surface area contributed by atoms with E-state index in [4.69, 9.17) is 4.74 Å². The molecule has 0 bridgehead atoms. The molecule has 2 rings (SSSR count). The molecule has 2 heteroatoms. The lowest BCUT2D eigenvalue weighted by atomic mass is 9.98. The molecule has 0 aromatic heterocycles. The summed E-state index contributed by atoms with van der Waals surface area (Å²) in [5.74, 6) is 2.02. The first-order chi connectivity index (χ1) is 8.49. The predicted octanol–water partition coefficient (Wildman–Crippen LogP) is 3.93. The zero-order valence-electron chi connectivity index (χ0n) is 11.7. The number of hydrogen-bond acceptors (Lipinski definition) is 2. The van der Waals surface area contributed by atoms with Gasteiger partial charge in [-0.2, -0.15) is 0 Å². The van der Waals surface area contributed by atoms with Crippen LogP contribution in [0, 0.1) is 25.7 Å². The first kappa shape index (κ1) is 13.1. The standard InChI is InChI=1S/C16H22O2/c1-10(2)9-18-15-8-11(3)14(7-12(15)4)16(17)13-5-6-13/h7-8,10,13H,5-6,9H2,1-4H3. The van der Waals surface area contributed by atoms with Crippen LogP contribution in [0.4, 0.5) is 0 Å². The van der Waals surface area contributed by atoms with E-state index in [1.807, 2.05) is 26.0 Å². The summed E-state index contributed by atoms with van der Waals surface area (Å²) in [6.45, 7) is 8.99. The largest absolute Gasteiger partial charge is 0.493 e. The van der Waals surface area contributed by atoms with Crippen molar-refractivity contribution in [1.82, 2.24) is 0 Å². The average molecular weight is 246 g/mol. The van der Waals surface area contributed by atoms with E-state index in [1.54, 1.807) is 0 Å². The van der Waals surface area contributed by atoms with Crippen molar-refractivity contribution in [2.45, 2.75) is 40.5 Å². The fraction of sp³-hybridized carbons (Fsp3) is 0.562. The highest BCUT2D eigenvalue weighted by molar-refractivity contribution is 6.00. The van der Waals surface area contributed by atoms with Crippen LogP contribution < -0.4 is 4.74 Å². The van der Waals surface area contributed by atoms with Gasteiger partial charge in [0.15, 0.2) is 5.78 Å². The van der Waals surface area contributed by atoms with Gasteiger partial charge in [-0.05, 0) is 55.9 Å². The third-order valence-electron chi connectivity index (χ3n) is 3.31. The fourth-order valence-corrected chi connectivity index (χ4v) is 2.03. The second-order valence-corrected chi connectivity index (χ2v) is 5.78. The highest BCUT2D eigenvalue weighted by atomic mass is 16.5. The van der Waals surface area contributed by atoms with Crippen LogP contribution in [0.1, 0.15) is 48.2 Å². The van der Waals surface area contributed by atoms with Gasteiger partial charge in [-0.15, -0.1) is 0 Å². The summed E-state index contributed by atoms with van der Waals surface area (Å²) >= 11 is 0. The number of ether oxygens (including phenoxy) is 1. The summed E-state index contributed by atoms with van der Waals surface area (Å²) in [4.78, 5) is 12.1. The first-order valence-corrected chi connectivity index (χ1v) is 6.77. The van der Waals surface area contributed by atoms with Gasteiger partial charge < -0.3 is 4.74 Å². The van der Waals surface area contributed by atoms with E-state index in [9.17, 15) is 4.79 Å². The highest BCUT2D eigenvalue weighted by Gasteiger charge is 2.31. The van der Waals surface area contributed by atoms with Crippen molar-refractivity contribution < 1.29 is 9.53 Å². The summed E-state index contributed by atoms with van der Waals surface area (Å²) in [6, 6.07) is 4.00. The Bertz CT molecular complexity index is 456. The Morgan fingerprint density at radius 2 is 1.94 bits per heavy atom. The smallest absolute Gasteiger partial charge is 0.166 e. The average Bonchev–Trinajstić information content (AvgIpc) is 3.12. The topological polar surface area (TPSA) is 26.3 Å². The zero-order chi connectivity index (χ0) is 13.3. The Morgan fingerprint density at radius 3 is 2.50 bits per heavy atom. The van der Waals surface area contributed by atoms with Gasteiger partial charge in [0.2, 0.25) is 0 Å². The summed E-state index contributed by atoms with van der Waals surface area (Å²) < 4.78 is 5.78. The number of benzene rings is 1. The molecule has 0 heterocycles. The Labute approximate surface area is 109 Å². The van der Waals surface area contributed by atoms with Gasteiger partial charge in [0, 0.05) is 11.5 Å². The van der Waals surface area contributed by atoms with Gasteiger partial charge >= 0.3 is 0 Å². The number of carbonyl (C=O) groups excluding carboxylic acids is 1. The van der Waals surface area contributed by atoms with E-state index in [0.29, 0.717) is 11.7 Å². The Kier molecular flexibility index (Phi) is 3.74. The second kappa shape index (κ2) is 5.13. The van der Waals surface area contributed by atoms with Crippen LogP contribution in [0.25, 0.3) is 0 Å². The van der Waals surface area contributed by atoms with Gasteiger partial charge in [0.1, 0.15) is 5.75 Å². The van der Waals surface area contributed by atoms with Crippen molar-refractivity contribution in [2.75, 3.05) is 6.61 Å². The van der Waals surface area contributed by atoms with Gasteiger partial charge in [-0.1, -0.05) is 13.8 Å². The molecule has 0 spiro atoms. The molecule has 98 valence electrons. The van der Waals surface area contributed by atoms with Gasteiger partial charge in [-0.3, -0.25) is 4.79 Å². The quantitative estimate of drug-likeness (QED) is 0.736. The van der Waals surface area contributed by atoms with E-state index in [-0.39, 0.29) is 5.92 Å². The molecule has 2 nitrogen and oxygen atoms in total. The Balaban J connectivity index is 2.20. The predicted molar refractivity (Wildman–Crippen MR) is 73.3 cm³/mol. The van der Waals surface area contributed by atoms with E-state index in [2.05, 4.69) is 13.8 Å². The van der Waals surface area contributed by atoms with Crippen molar-refractivity contribution in [3.8, 4) is 5.75 Å². The molecule has 0 aliphatic heterocycles. The summed E-state index contributed by atoms with van der Waals surface area (Å²) in [5.41, 5.74) is 2.98. The van der Waals surface area contributed by atoms with Gasteiger partial charge in [-0.25, -0.2) is 0 Å². The lowest BCUT2D eigenvalue weighted by Crippen LogP contribution is -2.08. The maximum atomic E-state index is 12.1. The lowest BCUT2D eigenvalue weighted by molar-refractivity contribution is 0.0967. The minimum absolute atomic E-state index is 0.283. The number of carbonyl (C=O) groups is 1. The fourth-order valence-electron chi connectivity index (χ4n) is 2.03. The number of ketones is 1. The van der Waals surface area contributed by atoms with Crippen LogP contribution in [-0.4, -0.2) is 12.4 Å². The normalized spacial score (nSPS) is 14.9. The minimum Gasteiger partial charge on any atom is -0.493 e. The van der Waals surface area contributed by atoms with Gasteiger partial charge in [0.25, 0.3) is 0 Å². The number of rotatable bonds is 5. The van der Waals surface area contributed by atoms with Crippen molar-refractivity contribution in [2.24, 2.45) is 11.8 Å². The van der Waals surface area contributed by atoms with E-state index in [0.717, 1.165) is 41.9 Å². The highest BCUT2D eigenvalue weighted by Crippen LogP contribution is 2.35. The maximum absolute atomic E-state index is 12.1. The molecule has 1 saturated carbocycles. The molecular weight excluding hydrogens is 224 g/mol. The second-order valence-electron chi connectivity index (χ2n) is 5.78. The monoisotopic (exact) mass is 246 g/mol. The third-order valence-corrected chi connectivity index (χ3v) is 3.31. The van der Waals surface area contributed by atoms with E-state index in [1.165, 1.54) is 0 Å². The SMILES string of the molecule is Cc1cc(C(=O)C2CC2)c(C)cc1OCC(C)C. The molecule has 1 fully saturated rings. The molecule has 0 amide bonds. The summed E-state index contributed by atoms with van der Waals surface area (Å²) in [5, 5.41) is 0. The summed E-state index contributed by atoms with van der Waals surface area (Å²) in [7, 11) is 0. The number of aryl methyl sites for hydroxylation is 2. The Morgan fingerprint density at radius 1 is 1.28 bits per heavy atom. The van der Waals surface area contributed by atoms with E-state index >= 15 is 0 Å². The van der Waals surface area contributed by atoms with Crippen LogP contribution in [-0.2, 0) is 0 Å². The van der Waals surface area contributed by atoms with Crippen LogP contribution >= 0.6 is 0 Å². The van der Waals surface area contributed by atoms with E-state index < -0.39 is 0 Å². The Hall–Kier alpha value is -1.31. The van der Waals surface area contributed by atoms with Crippen molar-refractivity contribution in [1.29, 1.82) is 0 Å². The number of hydrogen-bond donors (Lipinski definition) is 0. The zero-order valence-corrected chi connectivity index (χ0v) is 11.7. The molecule has 18 heavy (non-hydrogen) atoms. The molecule has 0 unspecified atom stereocenters. The van der Waals surface area contributed by atoms with Crippen LogP contribution in [0.2, 0.25) is 0 Å². The molecular formula is C16H22O2. The van der Waals surface area contributed by atoms with Crippen LogP contribution in [0.3, 0.4) is 0 Å². The third kappa shape index (κ3) is 2.92. The molecule has 1 aromatic carbocycles. The van der Waals surface area contributed by atoms with Crippen molar-refractivity contribution in [3.63, 3.8) is 0 Å². The van der Waals surface area contributed by atoms with Gasteiger partial charge in [0.05, 0.1) is 6.61 Å². The molecule has 0 saturated heterocycles. The molecule has 0 N–H and O–H groups in total. The molecule has 1 aliphatic rings. The number of Topliss-reactive ketones (excluding diaryl/α,β-unsaturated/α-hetero) is 1. The lowest BCUT2D eigenvalue weighted by Gasteiger charge is -2.14. The maximum Gasteiger partial charge on any atom is 0.166 e. The van der Waals surface area contributed by atoms with Crippen molar-refractivity contribution >= 4 is 5.78 Å². The summed E-state index contributed by atoms with van der Waals surface area (Å²) in [6.07, 6.45) is 2.12. The minimum atomic E-state index is 0.283. The molecule has 0 atom stereocenters. The van der Waals surface area contributed by atoms with Crippen molar-refractivity contribution in [3.05, 3.63) is 28.8 Å². The molecule has 1 aliphatic carbocycles. The van der Waals surface area contributed by atoms with Crippen LogP contribution in [0.15, 0.2) is 12.1 Å². The van der Waals surface area contributed by atoms with Crippen LogP contribution in [0.5, 0.6) is 5.75 Å². The molecule has 0 radical (unpaired) electrons.